The number of nitrogens with zero attached hydrogens (tertiary/aromatic N) is 2. The summed E-state index contributed by atoms with van der Waals surface area (Å²) >= 11 is 0. The molecule has 1 unspecified atom stereocenters. The standard InChI is InChI=1S/C10H10F3N3/c1-6(14)8-5-15-9-4-7(10(11,12)13)2-3-16(8)9/h2-6H,14H2,1H3. The first kappa shape index (κ1) is 10.9. The van der Waals surface area contributed by atoms with Gasteiger partial charge in [0.1, 0.15) is 5.65 Å². The Morgan fingerprint density at radius 3 is 2.69 bits per heavy atom. The highest BCUT2D eigenvalue weighted by atomic mass is 19.4. The fraction of sp³-hybridized carbons (Fsp3) is 0.300. The molecular weight excluding hydrogens is 219 g/mol. The van der Waals surface area contributed by atoms with Crippen LogP contribution in [0.5, 0.6) is 0 Å². The molecule has 0 amide bonds. The van der Waals surface area contributed by atoms with Gasteiger partial charge >= 0.3 is 6.18 Å². The van der Waals surface area contributed by atoms with Gasteiger partial charge < -0.3 is 10.1 Å². The summed E-state index contributed by atoms with van der Waals surface area (Å²) < 4.78 is 38.8. The van der Waals surface area contributed by atoms with Crippen LogP contribution in [-0.2, 0) is 6.18 Å². The Hall–Kier alpha value is -1.56. The van der Waals surface area contributed by atoms with Crippen LogP contribution in [0.2, 0.25) is 0 Å². The van der Waals surface area contributed by atoms with Crippen molar-refractivity contribution in [2.24, 2.45) is 5.73 Å². The fourth-order valence-electron chi connectivity index (χ4n) is 1.51. The molecule has 2 aromatic heterocycles. The van der Waals surface area contributed by atoms with Gasteiger partial charge in [0, 0.05) is 12.2 Å². The summed E-state index contributed by atoms with van der Waals surface area (Å²) in [5.74, 6) is 0. The maximum atomic E-state index is 12.4. The van der Waals surface area contributed by atoms with Crippen molar-refractivity contribution in [1.29, 1.82) is 0 Å². The van der Waals surface area contributed by atoms with Crippen molar-refractivity contribution in [3.8, 4) is 0 Å². The Bertz CT molecular complexity index is 513. The van der Waals surface area contributed by atoms with Crippen LogP contribution in [-0.4, -0.2) is 9.38 Å². The van der Waals surface area contributed by atoms with Crippen LogP contribution in [0.1, 0.15) is 24.2 Å². The van der Waals surface area contributed by atoms with Crippen LogP contribution < -0.4 is 5.73 Å². The molecule has 16 heavy (non-hydrogen) atoms. The Morgan fingerprint density at radius 2 is 2.12 bits per heavy atom. The van der Waals surface area contributed by atoms with Crippen LogP contribution in [0.25, 0.3) is 5.65 Å². The molecule has 0 spiro atoms. The van der Waals surface area contributed by atoms with E-state index in [1.807, 2.05) is 0 Å². The Morgan fingerprint density at radius 1 is 1.44 bits per heavy atom. The SMILES string of the molecule is CC(N)c1cnc2cc(C(F)(F)F)ccn12. The molecule has 0 aromatic carbocycles. The lowest BCUT2D eigenvalue weighted by Crippen LogP contribution is -2.09. The highest BCUT2D eigenvalue weighted by Gasteiger charge is 2.30. The maximum absolute atomic E-state index is 12.4. The zero-order chi connectivity index (χ0) is 11.9. The van der Waals surface area contributed by atoms with Crippen molar-refractivity contribution < 1.29 is 13.2 Å². The summed E-state index contributed by atoms with van der Waals surface area (Å²) in [7, 11) is 0. The van der Waals surface area contributed by atoms with Crippen molar-refractivity contribution >= 4 is 5.65 Å². The first-order valence-electron chi connectivity index (χ1n) is 4.69. The van der Waals surface area contributed by atoms with Gasteiger partial charge in [0.15, 0.2) is 0 Å². The van der Waals surface area contributed by atoms with E-state index in [2.05, 4.69) is 4.98 Å². The molecule has 0 radical (unpaired) electrons. The molecule has 0 saturated heterocycles. The topological polar surface area (TPSA) is 43.3 Å². The number of hydrogen-bond acceptors (Lipinski definition) is 2. The van der Waals surface area contributed by atoms with Gasteiger partial charge in [-0.2, -0.15) is 13.2 Å². The summed E-state index contributed by atoms with van der Waals surface area (Å²) in [5.41, 5.74) is 5.89. The second-order valence-corrected chi connectivity index (χ2v) is 3.61. The Labute approximate surface area is 89.7 Å². The number of hydrogen-bond donors (Lipinski definition) is 1. The summed E-state index contributed by atoms with van der Waals surface area (Å²) in [4.78, 5) is 3.90. The van der Waals surface area contributed by atoms with E-state index in [0.717, 1.165) is 12.1 Å². The quantitative estimate of drug-likeness (QED) is 0.815. The van der Waals surface area contributed by atoms with Crippen LogP contribution in [0.15, 0.2) is 24.5 Å². The van der Waals surface area contributed by atoms with E-state index in [-0.39, 0.29) is 11.7 Å². The lowest BCUT2D eigenvalue weighted by molar-refractivity contribution is -0.137. The molecule has 2 N–H and O–H groups in total. The summed E-state index contributed by atoms with van der Waals surface area (Å²) in [6.45, 7) is 1.75. The molecule has 86 valence electrons. The van der Waals surface area contributed by atoms with Gasteiger partial charge in [-0.05, 0) is 19.1 Å². The van der Waals surface area contributed by atoms with E-state index in [9.17, 15) is 13.2 Å². The molecule has 2 aromatic rings. The second kappa shape index (κ2) is 3.48. The van der Waals surface area contributed by atoms with Crippen molar-refractivity contribution in [3.63, 3.8) is 0 Å². The van der Waals surface area contributed by atoms with Crippen molar-refractivity contribution in [2.45, 2.75) is 19.1 Å². The van der Waals surface area contributed by atoms with Crippen molar-refractivity contribution in [1.82, 2.24) is 9.38 Å². The minimum absolute atomic E-state index is 0.252. The van der Waals surface area contributed by atoms with Gasteiger partial charge in [-0.3, -0.25) is 0 Å². The van der Waals surface area contributed by atoms with E-state index in [0.29, 0.717) is 5.69 Å². The third-order valence-electron chi connectivity index (χ3n) is 2.34. The summed E-state index contributed by atoms with van der Waals surface area (Å²) in [6.07, 6.45) is -1.52. The molecule has 0 saturated carbocycles. The van der Waals surface area contributed by atoms with Crippen molar-refractivity contribution in [2.75, 3.05) is 0 Å². The largest absolute Gasteiger partial charge is 0.416 e. The number of halogens is 3. The van der Waals surface area contributed by atoms with Gasteiger partial charge in [-0.1, -0.05) is 0 Å². The second-order valence-electron chi connectivity index (χ2n) is 3.61. The minimum atomic E-state index is -4.35. The van der Waals surface area contributed by atoms with Crippen LogP contribution in [0.4, 0.5) is 13.2 Å². The van der Waals surface area contributed by atoms with Crippen LogP contribution in [0, 0.1) is 0 Å². The van der Waals surface area contributed by atoms with Crippen molar-refractivity contribution in [3.05, 3.63) is 35.8 Å². The molecule has 0 fully saturated rings. The molecule has 2 heterocycles. The summed E-state index contributed by atoms with van der Waals surface area (Å²) in [5, 5.41) is 0. The minimum Gasteiger partial charge on any atom is -0.323 e. The first-order chi connectivity index (χ1) is 7.39. The number of imidazole rings is 1. The van der Waals surface area contributed by atoms with E-state index >= 15 is 0 Å². The molecule has 0 aliphatic carbocycles. The van der Waals surface area contributed by atoms with Gasteiger partial charge in [-0.25, -0.2) is 4.98 Å². The fourth-order valence-corrected chi connectivity index (χ4v) is 1.51. The average molecular weight is 229 g/mol. The predicted octanol–water partition coefficient (Wildman–Crippen LogP) is 2.37. The molecule has 2 rings (SSSR count). The lowest BCUT2D eigenvalue weighted by atomic mass is 10.2. The van der Waals surface area contributed by atoms with E-state index in [1.54, 1.807) is 11.3 Å². The van der Waals surface area contributed by atoms with E-state index in [1.165, 1.54) is 12.4 Å². The average Bonchev–Trinajstić information content (AvgIpc) is 2.58. The number of pyridine rings is 1. The van der Waals surface area contributed by atoms with E-state index in [4.69, 9.17) is 5.73 Å². The zero-order valence-electron chi connectivity index (χ0n) is 8.49. The van der Waals surface area contributed by atoms with Gasteiger partial charge in [0.05, 0.1) is 17.5 Å². The third kappa shape index (κ3) is 1.76. The molecule has 1 atom stereocenters. The normalized spacial score (nSPS) is 14.3. The Kier molecular flexibility index (Phi) is 2.38. The highest BCUT2D eigenvalue weighted by Crippen LogP contribution is 2.30. The predicted molar refractivity (Wildman–Crippen MR) is 52.8 cm³/mol. The number of fused-ring (bicyclic) bond motifs is 1. The molecular formula is C10H10F3N3. The smallest absolute Gasteiger partial charge is 0.323 e. The lowest BCUT2D eigenvalue weighted by Gasteiger charge is -2.08. The Balaban J connectivity index is 2.58. The molecule has 3 nitrogen and oxygen atoms in total. The van der Waals surface area contributed by atoms with Gasteiger partial charge in [-0.15, -0.1) is 0 Å². The van der Waals surface area contributed by atoms with Gasteiger partial charge in [0.25, 0.3) is 0 Å². The van der Waals surface area contributed by atoms with Crippen LogP contribution >= 0.6 is 0 Å². The van der Waals surface area contributed by atoms with Crippen LogP contribution in [0.3, 0.4) is 0 Å². The molecule has 0 bridgehead atoms. The number of rotatable bonds is 1. The molecule has 0 aliphatic rings. The third-order valence-corrected chi connectivity index (χ3v) is 2.34. The number of nitrogens with two attached hydrogens (primary N) is 1. The van der Waals surface area contributed by atoms with Gasteiger partial charge in [0.2, 0.25) is 0 Å². The molecule has 6 heteroatoms. The first-order valence-corrected chi connectivity index (χ1v) is 4.69. The summed E-state index contributed by atoms with van der Waals surface area (Å²) in [6, 6.07) is 1.75. The van der Waals surface area contributed by atoms with E-state index < -0.39 is 11.7 Å². The highest BCUT2D eigenvalue weighted by molar-refractivity contribution is 5.44. The number of aromatic nitrogens is 2. The molecule has 0 aliphatic heterocycles. The monoisotopic (exact) mass is 229 g/mol. The zero-order valence-corrected chi connectivity index (χ0v) is 8.49. The number of alkyl halides is 3. The maximum Gasteiger partial charge on any atom is 0.416 e.